The third-order valence-corrected chi connectivity index (χ3v) is 4.90. The highest BCUT2D eigenvalue weighted by Crippen LogP contribution is 2.39. The molecule has 0 spiro atoms. The van der Waals surface area contributed by atoms with Crippen LogP contribution in [0, 0.1) is 5.92 Å². The number of thiophene rings is 1. The van der Waals surface area contributed by atoms with Crippen molar-refractivity contribution < 1.29 is 14.3 Å². The highest BCUT2D eigenvalue weighted by atomic mass is 32.1. The van der Waals surface area contributed by atoms with E-state index in [0.29, 0.717) is 17.2 Å². The summed E-state index contributed by atoms with van der Waals surface area (Å²) in [5.74, 6) is -0.397. The number of carbonyl (C=O) groups excluding carboxylic acids is 2. The van der Waals surface area contributed by atoms with Gasteiger partial charge in [-0.25, -0.2) is 4.79 Å². The molecule has 1 aliphatic rings. The van der Waals surface area contributed by atoms with Gasteiger partial charge in [-0.1, -0.05) is 13.8 Å². The zero-order chi connectivity index (χ0) is 14.7. The molecule has 2 rings (SSSR count). The van der Waals surface area contributed by atoms with Crippen molar-refractivity contribution in [2.24, 2.45) is 5.92 Å². The molecule has 1 amide bonds. The van der Waals surface area contributed by atoms with Gasteiger partial charge in [0.2, 0.25) is 5.91 Å². The van der Waals surface area contributed by atoms with E-state index in [4.69, 9.17) is 4.74 Å². The van der Waals surface area contributed by atoms with Crippen LogP contribution >= 0.6 is 11.3 Å². The Bertz CT molecular complexity index is 521. The third-order valence-electron chi connectivity index (χ3n) is 3.70. The predicted molar refractivity (Wildman–Crippen MR) is 80.4 cm³/mol. The summed E-state index contributed by atoms with van der Waals surface area (Å²) in [5, 5.41) is 3.57. The van der Waals surface area contributed by atoms with Crippen LogP contribution in [0.15, 0.2) is 0 Å². The molecular formula is C15H21NO3S. The average Bonchev–Trinajstić information content (AvgIpc) is 2.97. The standard InChI is InChI=1S/C15H21NO3S/c1-4-9(3)13(17)16-14-12(15(18)19-5-2)10-7-6-8-11(10)20-14/h9H,4-8H2,1-3H3,(H,16,17)/t9-/m1/s1. The van der Waals surface area contributed by atoms with E-state index in [2.05, 4.69) is 5.32 Å². The highest BCUT2D eigenvalue weighted by Gasteiger charge is 2.28. The summed E-state index contributed by atoms with van der Waals surface area (Å²) in [6.45, 7) is 6.01. The first-order valence-corrected chi connectivity index (χ1v) is 8.02. The molecule has 0 unspecified atom stereocenters. The van der Waals surface area contributed by atoms with Gasteiger partial charge in [-0.05, 0) is 38.2 Å². The van der Waals surface area contributed by atoms with Crippen LogP contribution in [-0.2, 0) is 22.4 Å². The highest BCUT2D eigenvalue weighted by molar-refractivity contribution is 7.17. The number of amides is 1. The quantitative estimate of drug-likeness (QED) is 0.847. The molecule has 1 aliphatic carbocycles. The van der Waals surface area contributed by atoms with Crippen LogP contribution in [0.25, 0.3) is 0 Å². The maximum Gasteiger partial charge on any atom is 0.341 e. The molecule has 0 saturated heterocycles. The number of hydrogen-bond acceptors (Lipinski definition) is 4. The van der Waals surface area contributed by atoms with Crippen LogP contribution in [0.4, 0.5) is 5.00 Å². The fourth-order valence-electron chi connectivity index (χ4n) is 2.33. The van der Waals surface area contributed by atoms with Gasteiger partial charge in [0.1, 0.15) is 5.00 Å². The van der Waals surface area contributed by atoms with Crippen molar-refractivity contribution in [3.8, 4) is 0 Å². The minimum atomic E-state index is -0.314. The molecule has 0 aromatic carbocycles. The molecule has 20 heavy (non-hydrogen) atoms. The van der Waals surface area contributed by atoms with Crippen molar-refractivity contribution in [3.05, 3.63) is 16.0 Å². The largest absolute Gasteiger partial charge is 0.462 e. The van der Waals surface area contributed by atoms with Crippen molar-refractivity contribution >= 4 is 28.2 Å². The van der Waals surface area contributed by atoms with Crippen LogP contribution < -0.4 is 5.32 Å². The molecular weight excluding hydrogens is 274 g/mol. The Morgan fingerprint density at radius 1 is 1.35 bits per heavy atom. The SMILES string of the molecule is CCOC(=O)c1c(NC(=O)[C@H](C)CC)sc2c1CCC2. The van der Waals surface area contributed by atoms with E-state index in [1.54, 1.807) is 6.92 Å². The number of fused-ring (bicyclic) bond motifs is 1. The van der Waals surface area contributed by atoms with E-state index in [9.17, 15) is 9.59 Å². The van der Waals surface area contributed by atoms with Gasteiger partial charge >= 0.3 is 5.97 Å². The molecule has 0 fully saturated rings. The van der Waals surface area contributed by atoms with E-state index in [1.165, 1.54) is 16.2 Å². The molecule has 0 radical (unpaired) electrons. The molecule has 110 valence electrons. The number of esters is 1. The smallest absolute Gasteiger partial charge is 0.341 e. The van der Waals surface area contributed by atoms with Crippen LogP contribution in [0.2, 0.25) is 0 Å². The lowest BCUT2D eigenvalue weighted by molar-refractivity contribution is -0.119. The Kier molecular flexibility index (Phi) is 4.81. The Labute approximate surface area is 123 Å². The lowest BCUT2D eigenvalue weighted by Crippen LogP contribution is -2.21. The molecule has 1 aromatic heterocycles. The molecule has 0 bridgehead atoms. The fraction of sp³-hybridized carbons (Fsp3) is 0.600. The van der Waals surface area contributed by atoms with Crippen molar-refractivity contribution in [1.29, 1.82) is 0 Å². The lowest BCUT2D eigenvalue weighted by Gasteiger charge is -2.11. The van der Waals surface area contributed by atoms with Gasteiger partial charge in [0.15, 0.2) is 0 Å². The van der Waals surface area contributed by atoms with Gasteiger partial charge in [-0.3, -0.25) is 4.79 Å². The normalized spacial score (nSPS) is 14.8. The number of aryl methyl sites for hydroxylation is 1. The summed E-state index contributed by atoms with van der Waals surface area (Å²) in [7, 11) is 0. The zero-order valence-corrected chi connectivity index (χ0v) is 13.1. The summed E-state index contributed by atoms with van der Waals surface area (Å²) in [4.78, 5) is 25.4. The van der Waals surface area contributed by atoms with Gasteiger partial charge < -0.3 is 10.1 Å². The van der Waals surface area contributed by atoms with Gasteiger partial charge in [-0.2, -0.15) is 0 Å². The number of ether oxygens (including phenoxy) is 1. The van der Waals surface area contributed by atoms with Crippen LogP contribution in [0.5, 0.6) is 0 Å². The van der Waals surface area contributed by atoms with Gasteiger partial charge in [0.25, 0.3) is 0 Å². The Morgan fingerprint density at radius 2 is 2.10 bits per heavy atom. The molecule has 0 saturated carbocycles. The summed E-state index contributed by atoms with van der Waals surface area (Å²) in [5.41, 5.74) is 1.66. The second kappa shape index (κ2) is 6.39. The number of nitrogens with one attached hydrogen (secondary N) is 1. The number of rotatable bonds is 5. The summed E-state index contributed by atoms with van der Waals surface area (Å²) in [6.07, 6.45) is 3.75. The Hall–Kier alpha value is -1.36. The van der Waals surface area contributed by atoms with E-state index in [0.717, 1.165) is 31.2 Å². The van der Waals surface area contributed by atoms with Gasteiger partial charge in [-0.15, -0.1) is 11.3 Å². The molecule has 5 heteroatoms. The summed E-state index contributed by atoms with van der Waals surface area (Å²) >= 11 is 1.53. The topological polar surface area (TPSA) is 55.4 Å². The minimum absolute atomic E-state index is 0.0297. The third kappa shape index (κ3) is 2.87. The van der Waals surface area contributed by atoms with Crippen molar-refractivity contribution in [2.45, 2.75) is 46.5 Å². The lowest BCUT2D eigenvalue weighted by atomic mass is 10.1. The number of carbonyl (C=O) groups is 2. The van der Waals surface area contributed by atoms with Gasteiger partial charge in [0.05, 0.1) is 12.2 Å². The first-order chi connectivity index (χ1) is 9.58. The number of anilines is 1. The van der Waals surface area contributed by atoms with E-state index < -0.39 is 0 Å². The first-order valence-electron chi connectivity index (χ1n) is 7.20. The van der Waals surface area contributed by atoms with Crippen molar-refractivity contribution in [3.63, 3.8) is 0 Å². The molecule has 1 heterocycles. The molecule has 4 nitrogen and oxygen atoms in total. The minimum Gasteiger partial charge on any atom is -0.462 e. The maximum atomic E-state index is 12.1. The predicted octanol–water partition coefficient (Wildman–Crippen LogP) is 3.40. The molecule has 1 N–H and O–H groups in total. The summed E-state index contributed by atoms with van der Waals surface area (Å²) in [6, 6.07) is 0. The van der Waals surface area contributed by atoms with E-state index in [-0.39, 0.29) is 17.8 Å². The van der Waals surface area contributed by atoms with Crippen molar-refractivity contribution in [2.75, 3.05) is 11.9 Å². The maximum absolute atomic E-state index is 12.1. The number of hydrogen-bond donors (Lipinski definition) is 1. The zero-order valence-electron chi connectivity index (χ0n) is 12.2. The van der Waals surface area contributed by atoms with E-state index in [1.807, 2.05) is 13.8 Å². The van der Waals surface area contributed by atoms with Crippen molar-refractivity contribution in [1.82, 2.24) is 0 Å². The monoisotopic (exact) mass is 295 g/mol. The summed E-state index contributed by atoms with van der Waals surface area (Å²) < 4.78 is 5.14. The molecule has 1 atom stereocenters. The van der Waals surface area contributed by atoms with Crippen LogP contribution in [-0.4, -0.2) is 18.5 Å². The van der Waals surface area contributed by atoms with Crippen LogP contribution in [0.3, 0.4) is 0 Å². The second-order valence-electron chi connectivity index (χ2n) is 5.08. The fourth-order valence-corrected chi connectivity index (χ4v) is 3.61. The van der Waals surface area contributed by atoms with Crippen LogP contribution in [0.1, 0.15) is 54.4 Å². The Morgan fingerprint density at radius 3 is 2.75 bits per heavy atom. The first kappa shape index (κ1) is 15.0. The van der Waals surface area contributed by atoms with E-state index >= 15 is 0 Å². The average molecular weight is 295 g/mol. The molecule has 1 aromatic rings. The van der Waals surface area contributed by atoms with Gasteiger partial charge in [0, 0.05) is 10.8 Å². The molecule has 0 aliphatic heterocycles. The Balaban J connectivity index is 2.29. The second-order valence-corrected chi connectivity index (χ2v) is 6.19.